The molecule has 2 aromatic rings. The van der Waals surface area contributed by atoms with Crippen LogP contribution in [0.3, 0.4) is 0 Å². The molecule has 90 valence electrons. The summed E-state index contributed by atoms with van der Waals surface area (Å²) in [6.07, 6.45) is -0.630. The van der Waals surface area contributed by atoms with Crippen molar-refractivity contribution in [2.45, 2.75) is 13.0 Å². The molecule has 2 aromatic heterocycles. The molecule has 2 rings (SSSR count). The summed E-state index contributed by atoms with van der Waals surface area (Å²) in [6.45, 7) is 0.0458. The summed E-state index contributed by atoms with van der Waals surface area (Å²) in [5.41, 5.74) is 1.56. The molecule has 0 radical (unpaired) electrons. The van der Waals surface area contributed by atoms with Gasteiger partial charge in [0.05, 0.1) is 17.9 Å². The predicted octanol–water partition coefficient (Wildman–Crippen LogP) is 2.56. The van der Waals surface area contributed by atoms with E-state index >= 15 is 0 Å². The minimum atomic E-state index is -2.33. The van der Waals surface area contributed by atoms with Crippen molar-refractivity contribution >= 4 is 11.3 Å². The molecule has 3 nitrogen and oxygen atoms in total. The first kappa shape index (κ1) is 12.1. The standard InChI is InChI=1S/C11H11F2N3S/c12-10(13)6-14-5-8-7-17-11(16-8)9-3-1-2-4-15-9/h1-4,7,10,14H,5-6H2. The lowest BCUT2D eigenvalue weighted by Gasteiger charge is -2.00. The molecule has 0 spiro atoms. The summed E-state index contributed by atoms with van der Waals surface area (Å²) in [5.74, 6) is 0. The molecule has 2 heterocycles. The number of hydrogen-bond acceptors (Lipinski definition) is 4. The second-order valence-electron chi connectivity index (χ2n) is 3.38. The number of hydrogen-bond donors (Lipinski definition) is 1. The number of alkyl halides is 2. The highest BCUT2D eigenvalue weighted by molar-refractivity contribution is 7.13. The minimum absolute atomic E-state index is 0.309. The summed E-state index contributed by atoms with van der Waals surface area (Å²) in [6, 6.07) is 5.59. The zero-order chi connectivity index (χ0) is 12.1. The largest absolute Gasteiger partial charge is 0.306 e. The normalized spacial score (nSPS) is 11.0. The van der Waals surface area contributed by atoms with Crippen LogP contribution in [0.15, 0.2) is 29.8 Å². The van der Waals surface area contributed by atoms with Gasteiger partial charge in [0, 0.05) is 18.1 Å². The number of pyridine rings is 1. The Balaban J connectivity index is 1.97. The Hall–Kier alpha value is -1.40. The van der Waals surface area contributed by atoms with Crippen molar-refractivity contribution in [2.24, 2.45) is 0 Å². The van der Waals surface area contributed by atoms with Gasteiger partial charge in [0.1, 0.15) is 5.01 Å². The van der Waals surface area contributed by atoms with E-state index in [4.69, 9.17) is 0 Å². The Labute approximate surface area is 102 Å². The highest BCUT2D eigenvalue weighted by Crippen LogP contribution is 2.21. The maximum Gasteiger partial charge on any atom is 0.250 e. The van der Waals surface area contributed by atoms with Gasteiger partial charge < -0.3 is 5.32 Å². The van der Waals surface area contributed by atoms with Crippen LogP contribution in [-0.4, -0.2) is 22.9 Å². The summed E-state index contributed by atoms with van der Waals surface area (Å²) in [5, 5.41) is 5.29. The van der Waals surface area contributed by atoms with Crippen LogP contribution in [0.2, 0.25) is 0 Å². The van der Waals surface area contributed by atoms with Crippen molar-refractivity contribution < 1.29 is 8.78 Å². The average molecular weight is 255 g/mol. The highest BCUT2D eigenvalue weighted by atomic mass is 32.1. The molecule has 0 aliphatic carbocycles. The van der Waals surface area contributed by atoms with E-state index in [1.165, 1.54) is 11.3 Å². The van der Waals surface area contributed by atoms with Gasteiger partial charge in [0.15, 0.2) is 0 Å². The Morgan fingerprint density at radius 3 is 2.94 bits per heavy atom. The quantitative estimate of drug-likeness (QED) is 0.892. The summed E-state index contributed by atoms with van der Waals surface area (Å²) < 4.78 is 23.8. The fourth-order valence-corrected chi connectivity index (χ4v) is 2.10. The molecule has 0 unspecified atom stereocenters. The molecular weight excluding hydrogens is 244 g/mol. The minimum Gasteiger partial charge on any atom is -0.306 e. The third kappa shape index (κ3) is 3.54. The maximum absolute atomic E-state index is 11.9. The van der Waals surface area contributed by atoms with Crippen LogP contribution in [0.25, 0.3) is 10.7 Å². The molecule has 0 saturated carbocycles. The molecule has 0 aromatic carbocycles. The molecule has 6 heteroatoms. The van der Waals surface area contributed by atoms with Crippen molar-refractivity contribution in [3.8, 4) is 10.7 Å². The average Bonchev–Trinajstić information content (AvgIpc) is 2.78. The van der Waals surface area contributed by atoms with Gasteiger partial charge in [0.2, 0.25) is 0 Å². The Morgan fingerprint density at radius 1 is 1.35 bits per heavy atom. The molecule has 0 aliphatic heterocycles. The molecule has 0 aliphatic rings. The van der Waals surface area contributed by atoms with E-state index in [0.717, 1.165) is 16.4 Å². The number of nitrogens with zero attached hydrogens (tertiary/aromatic N) is 2. The lowest BCUT2D eigenvalue weighted by molar-refractivity contribution is 0.145. The van der Waals surface area contributed by atoms with Crippen LogP contribution >= 0.6 is 11.3 Å². The van der Waals surface area contributed by atoms with E-state index in [2.05, 4.69) is 15.3 Å². The van der Waals surface area contributed by atoms with Crippen molar-refractivity contribution in [3.05, 3.63) is 35.5 Å². The lowest BCUT2D eigenvalue weighted by atomic mass is 10.3. The molecular formula is C11H11F2N3S. The maximum atomic E-state index is 11.9. The van der Waals surface area contributed by atoms with Crippen LogP contribution < -0.4 is 5.32 Å². The Bertz CT molecular complexity index is 459. The molecule has 1 N–H and O–H groups in total. The van der Waals surface area contributed by atoms with E-state index in [-0.39, 0.29) is 6.54 Å². The van der Waals surface area contributed by atoms with Crippen LogP contribution in [0.1, 0.15) is 5.69 Å². The number of thiazole rings is 1. The van der Waals surface area contributed by atoms with Gasteiger partial charge in [-0.25, -0.2) is 13.8 Å². The summed E-state index contributed by atoms with van der Waals surface area (Å²) >= 11 is 1.46. The zero-order valence-electron chi connectivity index (χ0n) is 8.94. The van der Waals surface area contributed by atoms with Gasteiger partial charge in [0.25, 0.3) is 6.43 Å². The van der Waals surface area contributed by atoms with Crippen LogP contribution in [-0.2, 0) is 6.54 Å². The first-order chi connectivity index (χ1) is 8.25. The summed E-state index contributed by atoms with van der Waals surface area (Å²) in [7, 11) is 0. The first-order valence-corrected chi connectivity index (χ1v) is 5.98. The third-order valence-corrected chi connectivity index (χ3v) is 2.95. The Kier molecular flexibility index (Phi) is 4.11. The first-order valence-electron chi connectivity index (χ1n) is 5.10. The van der Waals surface area contributed by atoms with Crippen LogP contribution in [0.4, 0.5) is 8.78 Å². The van der Waals surface area contributed by atoms with Crippen molar-refractivity contribution in [2.75, 3.05) is 6.54 Å². The predicted molar refractivity (Wildman–Crippen MR) is 63.1 cm³/mol. The van der Waals surface area contributed by atoms with Crippen molar-refractivity contribution in [3.63, 3.8) is 0 Å². The van der Waals surface area contributed by atoms with E-state index in [9.17, 15) is 8.78 Å². The second kappa shape index (κ2) is 5.79. The van der Waals surface area contributed by atoms with Crippen molar-refractivity contribution in [1.29, 1.82) is 0 Å². The monoisotopic (exact) mass is 255 g/mol. The number of aromatic nitrogens is 2. The number of halogens is 2. The summed E-state index contributed by atoms with van der Waals surface area (Å²) in [4.78, 5) is 8.50. The third-order valence-electron chi connectivity index (χ3n) is 2.04. The fraction of sp³-hybridized carbons (Fsp3) is 0.273. The fourth-order valence-electron chi connectivity index (χ4n) is 1.30. The van der Waals surface area contributed by atoms with E-state index < -0.39 is 6.43 Å². The molecule has 17 heavy (non-hydrogen) atoms. The van der Waals surface area contributed by atoms with Gasteiger partial charge in [-0.15, -0.1) is 11.3 Å². The molecule has 0 bridgehead atoms. The van der Waals surface area contributed by atoms with Crippen LogP contribution in [0, 0.1) is 0 Å². The topological polar surface area (TPSA) is 37.8 Å². The lowest BCUT2D eigenvalue weighted by Crippen LogP contribution is -2.20. The van der Waals surface area contributed by atoms with E-state index in [1.807, 2.05) is 23.6 Å². The molecule has 0 atom stereocenters. The van der Waals surface area contributed by atoms with Gasteiger partial charge in [-0.05, 0) is 12.1 Å². The van der Waals surface area contributed by atoms with Crippen LogP contribution in [0.5, 0.6) is 0 Å². The molecule has 0 fully saturated rings. The second-order valence-corrected chi connectivity index (χ2v) is 4.24. The highest BCUT2D eigenvalue weighted by Gasteiger charge is 2.06. The SMILES string of the molecule is FC(F)CNCc1csc(-c2ccccn2)n1. The zero-order valence-corrected chi connectivity index (χ0v) is 9.75. The van der Waals surface area contributed by atoms with E-state index in [0.29, 0.717) is 6.54 Å². The Morgan fingerprint density at radius 2 is 2.24 bits per heavy atom. The number of nitrogens with one attached hydrogen (secondary N) is 1. The van der Waals surface area contributed by atoms with Gasteiger partial charge in [-0.3, -0.25) is 4.98 Å². The van der Waals surface area contributed by atoms with Gasteiger partial charge in [-0.1, -0.05) is 6.07 Å². The molecule has 0 saturated heterocycles. The van der Waals surface area contributed by atoms with Gasteiger partial charge in [-0.2, -0.15) is 0 Å². The van der Waals surface area contributed by atoms with Gasteiger partial charge >= 0.3 is 0 Å². The van der Waals surface area contributed by atoms with Crippen molar-refractivity contribution in [1.82, 2.24) is 15.3 Å². The number of rotatable bonds is 5. The van der Waals surface area contributed by atoms with E-state index in [1.54, 1.807) is 6.20 Å². The smallest absolute Gasteiger partial charge is 0.250 e. The molecule has 0 amide bonds.